The summed E-state index contributed by atoms with van der Waals surface area (Å²) >= 11 is 0. The highest BCUT2D eigenvalue weighted by atomic mass is 16.4. The largest absolute Gasteiger partial charge is 0.481 e. The third kappa shape index (κ3) is 3.01. The van der Waals surface area contributed by atoms with Gasteiger partial charge in [-0.05, 0) is 30.5 Å². The van der Waals surface area contributed by atoms with Crippen molar-refractivity contribution in [2.75, 3.05) is 13.1 Å². The minimum Gasteiger partial charge on any atom is -0.481 e. The predicted octanol–water partition coefficient (Wildman–Crippen LogP) is 2.67. The summed E-state index contributed by atoms with van der Waals surface area (Å²) in [6.45, 7) is 3.73. The fraction of sp³-hybridized carbons (Fsp3) is 0.474. The monoisotopic (exact) mass is 328 g/mol. The Bertz CT molecular complexity index is 728. The molecule has 1 fully saturated rings. The zero-order chi connectivity index (χ0) is 17.2. The number of aliphatic carboxylic acids is 1. The SMILES string of the molecule is CCC[C@@]1(C(=O)O)CN(Cc2cccc3ncccc23)CC[C@H]1O. The van der Waals surface area contributed by atoms with Crippen LogP contribution in [0.4, 0.5) is 0 Å². The van der Waals surface area contributed by atoms with E-state index >= 15 is 0 Å². The van der Waals surface area contributed by atoms with Crippen LogP contribution in [0.2, 0.25) is 0 Å². The van der Waals surface area contributed by atoms with Gasteiger partial charge in [0, 0.05) is 31.2 Å². The number of carbonyl (C=O) groups is 1. The van der Waals surface area contributed by atoms with Gasteiger partial charge in [-0.15, -0.1) is 0 Å². The van der Waals surface area contributed by atoms with Crippen molar-refractivity contribution in [1.29, 1.82) is 0 Å². The topological polar surface area (TPSA) is 73.7 Å². The van der Waals surface area contributed by atoms with Crippen molar-refractivity contribution in [3.05, 3.63) is 42.1 Å². The molecule has 2 N–H and O–H groups in total. The third-order valence-electron chi connectivity index (χ3n) is 5.11. The number of nitrogens with zero attached hydrogens (tertiary/aromatic N) is 2. The van der Waals surface area contributed by atoms with E-state index < -0.39 is 17.5 Å². The first-order chi connectivity index (χ1) is 11.6. The van der Waals surface area contributed by atoms with Crippen LogP contribution in [0.1, 0.15) is 31.7 Å². The van der Waals surface area contributed by atoms with Crippen LogP contribution in [0.5, 0.6) is 0 Å². The molecule has 0 saturated carbocycles. The quantitative estimate of drug-likeness (QED) is 0.883. The van der Waals surface area contributed by atoms with Crippen LogP contribution in [0, 0.1) is 5.41 Å². The average Bonchev–Trinajstić information content (AvgIpc) is 2.58. The number of aromatic nitrogens is 1. The van der Waals surface area contributed by atoms with E-state index in [-0.39, 0.29) is 0 Å². The van der Waals surface area contributed by atoms with E-state index in [0.717, 1.165) is 22.9 Å². The second-order valence-electron chi connectivity index (χ2n) is 6.71. The van der Waals surface area contributed by atoms with Gasteiger partial charge in [0.2, 0.25) is 0 Å². The summed E-state index contributed by atoms with van der Waals surface area (Å²) in [4.78, 5) is 18.4. The summed E-state index contributed by atoms with van der Waals surface area (Å²) in [7, 11) is 0. The van der Waals surface area contributed by atoms with Crippen LogP contribution in [0.15, 0.2) is 36.5 Å². The minimum atomic E-state index is -1.06. The zero-order valence-corrected chi connectivity index (χ0v) is 14.0. The molecule has 1 saturated heterocycles. The summed E-state index contributed by atoms with van der Waals surface area (Å²) in [6.07, 6.45) is 2.74. The Hall–Kier alpha value is -1.98. The molecule has 1 aliphatic heterocycles. The van der Waals surface area contributed by atoms with Gasteiger partial charge in [-0.2, -0.15) is 0 Å². The first kappa shape index (κ1) is 16.9. The molecule has 0 spiro atoms. The molecular formula is C19H24N2O3. The number of fused-ring (bicyclic) bond motifs is 1. The van der Waals surface area contributed by atoms with E-state index in [4.69, 9.17) is 0 Å². The maximum atomic E-state index is 11.9. The van der Waals surface area contributed by atoms with Gasteiger partial charge < -0.3 is 10.2 Å². The fourth-order valence-corrected chi connectivity index (χ4v) is 3.85. The van der Waals surface area contributed by atoms with E-state index in [0.29, 0.717) is 32.5 Å². The highest BCUT2D eigenvalue weighted by molar-refractivity contribution is 5.82. The Morgan fingerprint density at radius 3 is 2.96 bits per heavy atom. The number of rotatable bonds is 5. The van der Waals surface area contributed by atoms with Gasteiger partial charge in [0.25, 0.3) is 0 Å². The van der Waals surface area contributed by atoms with Crippen molar-refractivity contribution in [3.8, 4) is 0 Å². The lowest BCUT2D eigenvalue weighted by molar-refractivity contribution is -0.164. The number of hydrogen-bond acceptors (Lipinski definition) is 4. The molecule has 2 aromatic rings. The first-order valence-electron chi connectivity index (χ1n) is 8.53. The molecule has 0 bridgehead atoms. The molecule has 5 nitrogen and oxygen atoms in total. The van der Waals surface area contributed by atoms with E-state index in [2.05, 4.69) is 16.0 Å². The van der Waals surface area contributed by atoms with E-state index in [9.17, 15) is 15.0 Å². The molecule has 0 aliphatic carbocycles. The Balaban J connectivity index is 1.86. The summed E-state index contributed by atoms with van der Waals surface area (Å²) in [5.41, 5.74) is 1.04. The summed E-state index contributed by atoms with van der Waals surface area (Å²) in [5, 5.41) is 21.2. The highest BCUT2D eigenvalue weighted by Crippen LogP contribution is 2.36. The van der Waals surface area contributed by atoms with E-state index in [1.54, 1.807) is 6.20 Å². The molecule has 2 atom stereocenters. The van der Waals surface area contributed by atoms with Crippen molar-refractivity contribution >= 4 is 16.9 Å². The molecule has 1 aromatic carbocycles. The standard InChI is InChI=1S/C19H24N2O3/c1-2-9-19(18(23)24)13-21(11-8-17(19)22)12-14-5-3-7-16-15(14)6-4-10-20-16/h3-7,10,17,22H,2,8-9,11-13H2,1H3,(H,23,24)/t17-,19-/m1/s1. The van der Waals surface area contributed by atoms with Gasteiger partial charge in [0.05, 0.1) is 11.6 Å². The smallest absolute Gasteiger partial charge is 0.313 e. The number of aliphatic hydroxyl groups excluding tert-OH is 1. The number of carboxylic acids is 1. The second kappa shape index (κ2) is 6.87. The number of hydrogen-bond donors (Lipinski definition) is 2. The summed E-state index contributed by atoms with van der Waals surface area (Å²) < 4.78 is 0. The number of aliphatic hydroxyl groups is 1. The van der Waals surface area contributed by atoms with Gasteiger partial charge in [-0.3, -0.25) is 14.7 Å². The molecule has 0 amide bonds. The predicted molar refractivity (Wildman–Crippen MR) is 92.6 cm³/mol. The lowest BCUT2D eigenvalue weighted by Crippen LogP contribution is -2.55. The molecule has 0 radical (unpaired) electrons. The molecule has 2 heterocycles. The van der Waals surface area contributed by atoms with Crippen LogP contribution in [0.25, 0.3) is 10.9 Å². The normalized spacial score (nSPS) is 25.0. The van der Waals surface area contributed by atoms with Crippen LogP contribution < -0.4 is 0 Å². The van der Waals surface area contributed by atoms with Crippen LogP contribution >= 0.6 is 0 Å². The molecular weight excluding hydrogens is 304 g/mol. The Kier molecular flexibility index (Phi) is 4.83. The fourth-order valence-electron chi connectivity index (χ4n) is 3.85. The molecule has 24 heavy (non-hydrogen) atoms. The highest BCUT2D eigenvalue weighted by Gasteiger charge is 2.48. The Labute approximate surface area is 141 Å². The molecule has 1 aliphatic rings. The Morgan fingerprint density at radius 2 is 2.21 bits per heavy atom. The molecule has 0 unspecified atom stereocenters. The van der Waals surface area contributed by atoms with E-state index in [1.807, 2.05) is 31.2 Å². The molecule has 3 rings (SSSR count). The van der Waals surface area contributed by atoms with Crippen LogP contribution in [-0.4, -0.2) is 45.3 Å². The van der Waals surface area contributed by atoms with Crippen molar-refractivity contribution in [2.45, 2.75) is 38.8 Å². The lowest BCUT2D eigenvalue weighted by Gasteiger charge is -2.43. The average molecular weight is 328 g/mol. The van der Waals surface area contributed by atoms with Gasteiger partial charge in [0.1, 0.15) is 5.41 Å². The Morgan fingerprint density at radius 1 is 1.38 bits per heavy atom. The van der Waals surface area contributed by atoms with Crippen molar-refractivity contribution in [1.82, 2.24) is 9.88 Å². The second-order valence-corrected chi connectivity index (χ2v) is 6.71. The first-order valence-corrected chi connectivity index (χ1v) is 8.53. The summed E-state index contributed by atoms with van der Waals surface area (Å²) in [6, 6.07) is 10.0. The maximum Gasteiger partial charge on any atom is 0.313 e. The number of pyridine rings is 1. The third-order valence-corrected chi connectivity index (χ3v) is 5.11. The zero-order valence-electron chi connectivity index (χ0n) is 14.0. The summed E-state index contributed by atoms with van der Waals surface area (Å²) in [5.74, 6) is -0.888. The van der Waals surface area contributed by atoms with Gasteiger partial charge in [0.15, 0.2) is 0 Å². The van der Waals surface area contributed by atoms with Crippen molar-refractivity contribution < 1.29 is 15.0 Å². The van der Waals surface area contributed by atoms with Crippen LogP contribution in [0.3, 0.4) is 0 Å². The van der Waals surface area contributed by atoms with Crippen molar-refractivity contribution in [2.24, 2.45) is 5.41 Å². The van der Waals surface area contributed by atoms with Crippen molar-refractivity contribution in [3.63, 3.8) is 0 Å². The van der Waals surface area contributed by atoms with E-state index in [1.165, 1.54) is 0 Å². The van der Waals surface area contributed by atoms with Crippen LogP contribution in [-0.2, 0) is 11.3 Å². The van der Waals surface area contributed by atoms with Gasteiger partial charge in [-0.1, -0.05) is 31.5 Å². The van der Waals surface area contributed by atoms with Gasteiger partial charge in [-0.25, -0.2) is 0 Å². The molecule has 1 aromatic heterocycles. The number of likely N-dealkylation sites (tertiary alicyclic amines) is 1. The lowest BCUT2D eigenvalue weighted by atomic mass is 9.74. The number of carboxylic acid groups (broad SMARTS) is 1. The van der Waals surface area contributed by atoms with Gasteiger partial charge >= 0.3 is 5.97 Å². The maximum absolute atomic E-state index is 11.9. The molecule has 5 heteroatoms. The minimum absolute atomic E-state index is 0.383. The number of piperidine rings is 1. The molecule has 128 valence electrons. The number of benzene rings is 1.